The number of nitrogens with zero attached hydrogens (tertiary/aromatic N) is 6. The molecule has 11 nitrogen and oxygen atoms in total. The molecule has 0 bridgehead atoms. The van der Waals surface area contributed by atoms with Gasteiger partial charge in [0.15, 0.2) is 6.10 Å². The van der Waals surface area contributed by atoms with Crippen molar-refractivity contribution in [1.82, 2.24) is 29.3 Å². The van der Waals surface area contributed by atoms with E-state index in [1.165, 1.54) is 43.5 Å². The highest BCUT2D eigenvalue weighted by Crippen LogP contribution is 2.36. The van der Waals surface area contributed by atoms with Crippen LogP contribution in [-0.2, 0) is 30.5 Å². The van der Waals surface area contributed by atoms with Crippen LogP contribution in [0.2, 0.25) is 0 Å². The second kappa shape index (κ2) is 15.2. The Morgan fingerprint density at radius 3 is 2.39 bits per heavy atom. The molecule has 18 heteroatoms. The Morgan fingerprint density at radius 1 is 0.964 bits per heavy atom. The second-order valence-electron chi connectivity index (χ2n) is 13.3. The molecule has 2 amide bonds. The highest BCUT2D eigenvalue weighted by atomic mass is 79.9. The molecule has 3 aromatic carbocycles. The SMILES string of the molecule is C[C@@H]1Cn2c(c(C(=O)NCc3ccccc3-c3ccncn3)n(-c3ccc(N4CCOC(C(F)(F)F)C4)cc3)c2=O)CN1C(=O)c1ccc(Br)c(C(F)(F)F)c1. The Morgan fingerprint density at radius 2 is 1.70 bits per heavy atom. The van der Waals surface area contributed by atoms with E-state index in [4.69, 9.17) is 4.74 Å². The molecule has 2 aliphatic heterocycles. The van der Waals surface area contributed by atoms with Gasteiger partial charge in [0, 0.05) is 53.2 Å². The lowest BCUT2D eigenvalue weighted by Crippen LogP contribution is -2.49. The summed E-state index contributed by atoms with van der Waals surface area (Å²) in [5.41, 5.74) is 0.804. The highest BCUT2D eigenvalue weighted by molar-refractivity contribution is 9.10. The molecule has 292 valence electrons. The molecule has 0 spiro atoms. The molecule has 4 heterocycles. The van der Waals surface area contributed by atoms with Crippen molar-refractivity contribution in [3.8, 4) is 16.9 Å². The lowest BCUT2D eigenvalue weighted by molar-refractivity contribution is -0.221. The van der Waals surface area contributed by atoms with Gasteiger partial charge in [-0.1, -0.05) is 40.2 Å². The number of benzene rings is 3. The van der Waals surface area contributed by atoms with Crippen LogP contribution in [-0.4, -0.2) is 73.8 Å². The summed E-state index contributed by atoms with van der Waals surface area (Å²) in [6.45, 7) is 0.865. The van der Waals surface area contributed by atoms with Crippen LogP contribution in [0.15, 0.2) is 94.6 Å². The summed E-state index contributed by atoms with van der Waals surface area (Å²) in [7, 11) is 0. The van der Waals surface area contributed by atoms with E-state index in [9.17, 15) is 40.7 Å². The minimum Gasteiger partial charge on any atom is -0.366 e. The zero-order valence-electron chi connectivity index (χ0n) is 29.4. The number of hydrogen-bond donors (Lipinski definition) is 1. The summed E-state index contributed by atoms with van der Waals surface area (Å²) < 4.78 is 88.9. The summed E-state index contributed by atoms with van der Waals surface area (Å²) in [6.07, 6.45) is -8.30. The summed E-state index contributed by atoms with van der Waals surface area (Å²) in [5, 5.41) is 2.88. The van der Waals surface area contributed by atoms with Gasteiger partial charge in [-0.3, -0.25) is 18.7 Å². The number of morpholine rings is 1. The fourth-order valence-electron chi connectivity index (χ4n) is 6.93. The van der Waals surface area contributed by atoms with Gasteiger partial charge in [0.2, 0.25) is 0 Å². The van der Waals surface area contributed by atoms with Gasteiger partial charge < -0.3 is 19.9 Å². The number of hydrogen-bond acceptors (Lipinski definition) is 7. The molecule has 2 aromatic heterocycles. The van der Waals surface area contributed by atoms with Gasteiger partial charge in [0.25, 0.3) is 11.8 Å². The molecular weight excluding hydrogens is 812 g/mol. The Hall–Kier alpha value is -5.49. The Balaban J connectivity index is 1.26. The third-order valence-corrected chi connectivity index (χ3v) is 10.4. The van der Waals surface area contributed by atoms with Crippen molar-refractivity contribution in [2.75, 3.05) is 24.6 Å². The number of alkyl halides is 6. The molecule has 1 N–H and O–H groups in total. The minimum absolute atomic E-state index is 0.00762. The predicted octanol–water partition coefficient (Wildman–Crippen LogP) is 6.62. The maximum atomic E-state index is 14.3. The number of halogens is 7. The first-order valence-corrected chi connectivity index (χ1v) is 18.1. The van der Waals surface area contributed by atoms with E-state index in [0.717, 1.165) is 17.7 Å². The average molecular weight is 845 g/mol. The van der Waals surface area contributed by atoms with Gasteiger partial charge in [0.05, 0.1) is 42.3 Å². The second-order valence-corrected chi connectivity index (χ2v) is 14.2. The number of carbonyl (C=O) groups is 2. The van der Waals surface area contributed by atoms with Crippen LogP contribution in [0, 0.1) is 0 Å². The molecule has 7 rings (SSSR count). The molecule has 1 saturated heterocycles. The normalized spacial score (nSPS) is 17.4. The third-order valence-electron chi connectivity index (χ3n) is 9.76. The Bertz CT molecular complexity index is 2330. The molecule has 0 saturated carbocycles. The van der Waals surface area contributed by atoms with E-state index in [-0.39, 0.29) is 59.9 Å². The van der Waals surface area contributed by atoms with Crippen molar-refractivity contribution < 1.29 is 40.7 Å². The molecule has 5 aromatic rings. The largest absolute Gasteiger partial charge is 0.417 e. The fraction of sp³-hybridized carbons (Fsp3) is 0.289. The van der Waals surface area contributed by atoms with Crippen molar-refractivity contribution in [1.29, 1.82) is 0 Å². The van der Waals surface area contributed by atoms with Crippen LogP contribution in [0.25, 0.3) is 16.9 Å². The first kappa shape index (κ1) is 38.8. The number of carbonyl (C=O) groups excluding carboxylic acids is 2. The molecule has 0 aliphatic carbocycles. The maximum absolute atomic E-state index is 14.3. The summed E-state index contributed by atoms with van der Waals surface area (Å²) in [5.74, 6) is -1.43. The zero-order valence-corrected chi connectivity index (χ0v) is 31.0. The van der Waals surface area contributed by atoms with Gasteiger partial charge in [-0.25, -0.2) is 14.8 Å². The molecule has 56 heavy (non-hydrogen) atoms. The van der Waals surface area contributed by atoms with Crippen LogP contribution in [0.3, 0.4) is 0 Å². The third kappa shape index (κ3) is 7.67. The van der Waals surface area contributed by atoms with Gasteiger partial charge >= 0.3 is 18.0 Å². The quantitative estimate of drug-likeness (QED) is 0.183. The van der Waals surface area contributed by atoms with E-state index in [1.807, 2.05) is 12.1 Å². The number of rotatable bonds is 7. The molecule has 2 atom stereocenters. The number of anilines is 1. The topological polar surface area (TPSA) is 115 Å². The highest BCUT2D eigenvalue weighted by Gasteiger charge is 2.43. The Labute approximate surface area is 323 Å². The van der Waals surface area contributed by atoms with Crippen molar-refractivity contribution in [2.45, 2.75) is 51.1 Å². The molecule has 1 fully saturated rings. The number of imidazole rings is 1. The zero-order chi connectivity index (χ0) is 39.9. The standard InChI is InChI=1S/C38H32BrF6N7O4/c1-22-18-51-31(19-50(22)35(54)23-6-11-29(39)28(16-23)37(40,41)42)33(34(53)47-17-24-4-2-3-5-27(24)30-12-13-46-21-48-30)52(36(51)55)26-9-7-25(8-10-26)49-14-15-56-32(20-49)38(43,44)45/h2-13,16,21-22,32H,14-15,17-20H2,1H3,(H,47,53)/t22-,32?/m1/s1. The number of nitrogens with one attached hydrogen (secondary N) is 1. The van der Waals surface area contributed by atoms with Crippen LogP contribution in [0.5, 0.6) is 0 Å². The average Bonchev–Trinajstić information content (AvgIpc) is 3.46. The van der Waals surface area contributed by atoms with E-state index >= 15 is 0 Å². The minimum atomic E-state index is -4.74. The number of aromatic nitrogens is 4. The van der Waals surface area contributed by atoms with Crippen LogP contribution >= 0.6 is 15.9 Å². The maximum Gasteiger partial charge on any atom is 0.417 e. The number of amides is 2. The molecular formula is C38H32BrF6N7O4. The van der Waals surface area contributed by atoms with Gasteiger partial charge in [-0.05, 0) is 61.0 Å². The van der Waals surface area contributed by atoms with Gasteiger partial charge in [0.1, 0.15) is 12.0 Å². The summed E-state index contributed by atoms with van der Waals surface area (Å²) >= 11 is 2.90. The molecule has 0 radical (unpaired) electrons. The monoisotopic (exact) mass is 843 g/mol. The van der Waals surface area contributed by atoms with Gasteiger partial charge in [-0.2, -0.15) is 26.3 Å². The van der Waals surface area contributed by atoms with Crippen molar-refractivity contribution >= 4 is 33.4 Å². The number of ether oxygens (including phenoxy) is 1. The van der Waals surface area contributed by atoms with Crippen LogP contribution in [0.4, 0.5) is 32.0 Å². The molecule has 2 aliphatic rings. The van der Waals surface area contributed by atoms with Gasteiger partial charge in [-0.15, -0.1) is 0 Å². The summed E-state index contributed by atoms with van der Waals surface area (Å²) in [6, 6.07) is 17.5. The lowest BCUT2D eigenvalue weighted by atomic mass is 10.0. The number of fused-ring (bicyclic) bond motifs is 1. The lowest BCUT2D eigenvalue weighted by Gasteiger charge is -2.35. The van der Waals surface area contributed by atoms with E-state index in [2.05, 4.69) is 31.2 Å². The van der Waals surface area contributed by atoms with Crippen LogP contribution in [0.1, 0.15) is 44.6 Å². The molecule has 1 unspecified atom stereocenters. The van der Waals surface area contributed by atoms with Crippen molar-refractivity contribution in [3.63, 3.8) is 0 Å². The van der Waals surface area contributed by atoms with E-state index in [1.54, 1.807) is 43.5 Å². The smallest absolute Gasteiger partial charge is 0.366 e. The van der Waals surface area contributed by atoms with E-state index in [0.29, 0.717) is 16.9 Å². The Kier molecular flexibility index (Phi) is 10.5. The predicted molar refractivity (Wildman–Crippen MR) is 195 cm³/mol. The van der Waals surface area contributed by atoms with Crippen molar-refractivity contribution in [3.05, 3.63) is 128 Å². The van der Waals surface area contributed by atoms with E-state index < -0.39 is 54.1 Å². The summed E-state index contributed by atoms with van der Waals surface area (Å²) in [4.78, 5) is 53.5. The first-order chi connectivity index (χ1) is 26.6. The van der Waals surface area contributed by atoms with Crippen LogP contribution < -0.4 is 15.9 Å². The first-order valence-electron chi connectivity index (χ1n) is 17.3. The fourth-order valence-corrected chi connectivity index (χ4v) is 7.40. The van der Waals surface area contributed by atoms with Crippen molar-refractivity contribution in [2.24, 2.45) is 0 Å².